The Labute approximate surface area is 123 Å². The number of hydrogen-bond acceptors (Lipinski definition) is 6. The number of hydrogen-bond donors (Lipinski definition) is 2. The molecule has 0 aliphatic carbocycles. The van der Waals surface area contributed by atoms with Gasteiger partial charge in [-0.1, -0.05) is 5.16 Å². The fraction of sp³-hybridized carbons (Fsp3) is 0.429. The highest BCUT2D eigenvalue weighted by molar-refractivity contribution is 5.91. The molecule has 0 atom stereocenters. The first-order valence-electron chi connectivity index (χ1n) is 6.83. The first-order valence-corrected chi connectivity index (χ1v) is 6.83. The van der Waals surface area contributed by atoms with E-state index in [2.05, 4.69) is 26.0 Å². The first kappa shape index (κ1) is 15.0. The van der Waals surface area contributed by atoms with E-state index in [4.69, 9.17) is 4.52 Å². The van der Waals surface area contributed by atoms with Crippen LogP contribution in [-0.4, -0.2) is 34.9 Å². The summed E-state index contributed by atoms with van der Waals surface area (Å²) in [6, 6.07) is 3.38. The minimum absolute atomic E-state index is 0.243. The topological polar surface area (TPSA) is 92.9 Å². The second-order valence-corrected chi connectivity index (χ2v) is 4.72. The molecule has 112 valence electrons. The molecule has 7 nitrogen and oxygen atoms in total. The average Bonchev–Trinajstić information content (AvgIpc) is 2.82. The van der Waals surface area contributed by atoms with E-state index in [1.807, 2.05) is 13.8 Å². The average molecular weight is 289 g/mol. The maximum Gasteiger partial charge on any atom is 0.271 e. The van der Waals surface area contributed by atoms with Gasteiger partial charge >= 0.3 is 0 Å². The summed E-state index contributed by atoms with van der Waals surface area (Å²) in [5.74, 6) is 1.29. The third-order valence-corrected chi connectivity index (χ3v) is 3.22. The molecule has 2 aromatic heterocycles. The Morgan fingerprint density at radius 1 is 1.29 bits per heavy atom. The van der Waals surface area contributed by atoms with Crippen molar-refractivity contribution in [2.75, 3.05) is 18.9 Å². The summed E-state index contributed by atoms with van der Waals surface area (Å²) in [7, 11) is 1.56. The van der Waals surface area contributed by atoms with Gasteiger partial charge in [0.2, 0.25) is 0 Å². The molecule has 0 bridgehead atoms. The molecule has 0 spiro atoms. The minimum Gasteiger partial charge on any atom is -0.369 e. The largest absolute Gasteiger partial charge is 0.369 e. The number of carbonyl (C=O) groups excluding carboxylic acids is 1. The highest BCUT2D eigenvalue weighted by atomic mass is 16.5. The lowest BCUT2D eigenvalue weighted by molar-refractivity contribution is 0.0957. The second kappa shape index (κ2) is 6.83. The van der Waals surface area contributed by atoms with Crippen LogP contribution in [0.15, 0.2) is 16.7 Å². The lowest BCUT2D eigenvalue weighted by atomic mass is 10.1. The molecule has 7 heteroatoms. The molecule has 0 saturated carbocycles. The van der Waals surface area contributed by atoms with Gasteiger partial charge in [0.25, 0.3) is 5.91 Å². The molecule has 2 heterocycles. The molecule has 2 rings (SSSR count). The van der Waals surface area contributed by atoms with Crippen molar-refractivity contribution in [2.24, 2.45) is 0 Å². The molecule has 0 saturated heterocycles. The summed E-state index contributed by atoms with van der Waals surface area (Å²) in [6.45, 7) is 4.63. The van der Waals surface area contributed by atoms with E-state index in [0.29, 0.717) is 11.5 Å². The van der Waals surface area contributed by atoms with Crippen LogP contribution in [0.1, 0.15) is 33.9 Å². The maximum absolute atomic E-state index is 11.3. The third-order valence-electron chi connectivity index (χ3n) is 3.22. The van der Waals surface area contributed by atoms with Gasteiger partial charge < -0.3 is 15.2 Å². The predicted octanol–water partition coefficient (Wildman–Crippen LogP) is 1.49. The Kier molecular flexibility index (Phi) is 4.86. The normalized spacial score (nSPS) is 10.4. The summed E-state index contributed by atoms with van der Waals surface area (Å²) < 4.78 is 5.13. The van der Waals surface area contributed by atoms with Crippen LogP contribution in [0.5, 0.6) is 0 Å². The van der Waals surface area contributed by atoms with Crippen LogP contribution in [0.25, 0.3) is 0 Å². The van der Waals surface area contributed by atoms with Gasteiger partial charge in [0, 0.05) is 19.2 Å². The standard InChI is InChI=1S/C14H19N5O2/c1-9-11(10(2)21-19-9)5-4-8-16-13-7-6-12(17-18-13)14(20)15-3/h6-7H,4-5,8H2,1-3H3,(H,15,20)(H,16,18). The SMILES string of the molecule is CNC(=O)c1ccc(NCCCc2c(C)noc2C)nn1. The first-order chi connectivity index (χ1) is 10.1. The van der Waals surface area contributed by atoms with Crippen LogP contribution >= 0.6 is 0 Å². The van der Waals surface area contributed by atoms with Gasteiger partial charge in [0.05, 0.1) is 5.69 Å². The number of anilines is 1. The van der Waals surface area contributed by atoms with Crippen molar-refractivity contribution in [3.05, 3.63) is 34.8 Å². The van der Waals surface area contributed by atoms with E-state index < -0.39 is 0 Å². The van der Waals surface area contributed by atoms with E-state index in [9.17, 15) is 4.79 Å². The summed E-state index contributed by atoms with van der Waals surface area (Å²) >= 11 is 0. The Bertz CT molecular complexity index is 587. The monoisotopic (exact) mass is 289 g/mol. The van der Waals surface area contributed by atoms with Crippen LogP contribution in [0, 0.1) is 13.8 Å². The van der Waals surface area contributed by atoms with Gasteiger partial charge in [-0.15, -0.1) is 10.2 Å². The molecule has 0 aromatic carbocycles. The van der Waals surface area contributed by atoms with E-state index in [-0.39, 0.29) is 5.91 Å². The minimum atomic E-state index is -0.243. The highest BCUT2D eigenvalue weighted by Gasteiger charge is 2.08. The zero-order valence-corrected chi connectivity index (χ0v) is 12.4. The van der Waals surface area contributed by atoms with Gasteiger partial charge in [-0.3, -0.25) is 4.79 Å². The number of aryl methyl sites for hydroxylation is 2. The number of carbonyl (C=O) groups is 1. The van der Waals surface area contributed by atoms with Crippen LogP contribution in [0.2, 0.25) is 0 Å². The molecular weight excluding hydrogens is 270 g/mol. The molecule has 0 aliphatic rings. The third kappa shape index (κ3) is 3.77. The molecule has 21 heavy (non-hydrogen) atoms. The highest BCUT2D eigenvalue weighted by Crippen LogP contribution is 2.14. The van der Waals surface area contributed by atoms with Crippen molar-refractivity contribution in [3.8, 4) is 0 Å². The fourth-order valence-corrected chi connectivity index (χ4v) is 2.02. The van der Waals surface area contributed by atoms with Crippen molar-refractivity contribution in [2.45, 2.75) is 26.7 Å². The van der Waals surface area contributed by atoms with Crippen LogP contribution in [0.3, 0.4) is 0 Å². The number of nitrogens with zero attached hydrogens (tertiary/aromatic N) is 3. The van der Waals surface area contributed by atoms with Gasteiger partial charge in [-0.2, -0.15) is 0 Å². The van der Waals surface area contributed by atoms with Gasteiger partial charge in [-0.25, -0.2) is 0 Å². The van der Waals surface area contributed by atoms with Crippen LogP contribution < -0.4 is 10.6 Å². The zero-order chi connectivity index (χ0) is 15.2. The Morgan fingerprint density at radius 2 is 2.10 bits per heavy atom. The van der Waals surface area contributed by atoms with E-state index >= 15 is 0 Å². The summed E-state index contributed by atoms with van der Waals surface area (Å²) in [4.78, 5) is 11.3. The molecule has 1 amide bonds. The lowest BCUT2D eigenvalue weighted by Crippen LogP contribution is -2.19. The Hall–Kier alpha value is -2.44. The molecule has 0 fully saturated rings. The smallest absolute Gasteiger partial charge is 0.271 e. The summed E-state index contributed by atoms with van der Waals surface area (Å²) in [6.07, 6.45) is 1.83. The van der Waals surface area contributed by atoms with E-state index in [1.54, 1.807) is 19.2 Å². The molecule has 2 N–H and O–H groups in total. The molecule has 2 aromatic rings. The van der Waals surface area contributed by atoms with Gasteiger partial charge in [0.15, 0.2) is 5.69 Å². The van der Waals surface area contributed by atoms with Crippen LogP contribution in [-0.2, 0) is 6.42 Å². The fourth-order valence-electron chi connectivity index (χ4n) is 2.02. The molecule has 0 radical (unpaired) electrons. The number of aromatic nitrogens is 3. The van der Waals surface area contributed by atoms with Crippen molar-refractivity contribution >= 4 is 11.7 Å². The predicted molar refractivity (Wildman–Crippen MR) is 78.2 cm³/mol. The summed E-state index contributed by atoms with van der Waals surface area (Å²) in [5.41, 5.74) is 2.42. The van der Waals surface area contributed by atoms with Crippen molar-refractivity contribution in [1.82, 2.24) is 20.7 Å². The quantitative estimate of drug-likeness (QED) is 0.783. The zero-order valence-electron chi connectivity index (χ0n) is 12.4. The van der Waals surface area contributed by atoms with E-state index in [1.165, 1.54) is 0 Å². The Balaban J connectivity index is 1.80. The van der Waals surface area contributed by atoms with Crippen molar-refractivity contribution < 1.29 is 9.32 Å². The van der Waals surface area contributed by atoms with Gasteiger partial charge in [-0.05, 0) is 38.8 Å². The molecule has 0 aliphatic heterocycles. The van der Waals surface area contributed by atoms with Crippen molar-refractivity contribution in [1.29, 1.82) is 0 Å². The second-order valence-electron chi connectivity index (χ2n) is 4.72. The van der Waals surface area contributed by atoms with Gasteiger partial charge in [0.1, 0.15) is 11.6 Å². The number of nitrogens with one attached hydrogen (secondary N) is 2. The number of amides is 1. The summed E-state index contributed by atoms with van der Waals surface area (Å²) in [5, 5.41) is 17.4. The lowest BCUT2D eigenvalue weighted by Gasteiger charge is -2.05. The van der Waals surface area contributed by atoms with E-state index in [0.717, 1.165) is 36.4 Å². The molecular formula is C14H19N5O2. The Morgan fingerprint density at radius 3 is 2.67 bits per heavy atom. The van der Waals surface area contributed by atoms with Crippen LogP contribution in [0.4, 0.5) is 5.82 Å². The van der Waals surface area contributed by atoms with Crippen molar-refractivity contribution in [3.63, 3.8) is 0 Å². The maximum atomic E-state index is 11.3. The molecule has 0 unspecified atom stereocenters. The number of rotatable bonds is 6.